The van der Waals surface area contributed by atoms with E-state index in [0.717, 1.165) is 58.0 Å². The monoisotopic (exact) mass is 450 g/mol. The van der Waals surface area contributed by atoms with Gasteiger partial charge in [0.05, 0.1) is 6.04 Å². The summed E-state index contributed by atoms with van der Waals surface area (Å²) < 4.78 is 0. The second-order valence-corrected chi connectivity index (χ2v) is 9.06. The maximum absolute atomic E-state index is 12.9. The second kappa shape index (κ2) is 11.2. The minimum absolute atomic E-state index is 0.0574. The van der Waals surface area contributed by atoms with Crippen molar-refractivity contribution in [3.8, 4) is 0 Å². The summed E-state index contributed by atoms with van der Waals surface area (Å²) in [7, 11) is 0. The number of hydrogen-bond donors (Lipinski definition) is 3. The number of carbonyl (C=O) groups excluding carboxylic acids is 2. The Kier molecular flexibility index (Phi) is 7.88. The lowest BCUT2D eigenvalue weighted by Crippen LogP contribution is -2.49. The van der Waals surface area contributed by atoms with Gasteiger partial charge in [0.1, 0.15) is 0 Å². The average molecular weight is 451 g/mol. The van der Waals surface area contributed by atoms with Crippen LogP contribution in [0.2, 0.25) is 0 Å². The molecular formula is C25H34N6O2. The molecule has 1 aliphatic heterocycles. The van der Waals surface area contributed by atoms with Crippen molar-refractivity contribution in [1.29, 1.82) is 0 Å². The maximum atomic E-state index is 12.9. The van der Waals surface area contributed by atoms with Crippen LogP contribution in [0.3, 0.4) is 0 Å². The van der Waals surface area contributed by atoms with Crippen molar-refractivity contribution in [3.05, 3.63) is 54.0 Å². The molecule has 2 heterocycles. The fourth-order valence-electron chi connectivity index (χ4n) is 4.83. The van der Waals surface area contributed by atoms with Gasteiger partial charge in [-0.1, -0.05) is 30.3 Å². The van der Waals surface area contributed by atoms with Crippen molar-refractivity contribution < 1.29 is 9.59 Å². The first-order chi connectivity index (χ1) is 16.1. The first kappa shape index (κ1) is 23.2. The second-order valence-electron chi connectivity index (χ2n) is 9.06. The van der Waals surface area contributed by atoms with Crippen LogP contribution in [0.5, 0.6) is 0 Å². The lowest BCUT2D eigenvalue weighted by atomic mass is 9.81. The molecule has 33 heavy (non-hydrogen) atoms. The largest absolute Gasteiger partial charge is 0.368 e. The Morgan fingerprint density at radius 3 is 2.45 bits per heavy atom. The molecule has 2 amide bonds. The lowest BCUT2D eigenvalue weighted by Gasteiger charge is -2.33. The molecule has 2 fully saturated rings. The third kappa shape index (κ3) is 6.07. The first-order valence-electron chi connectivity index (χ1n) is 12.1. The topological polar surface area (TPSA) is 113 Å². The van der Waals surface area contributed by atoms with E-state index in [1.54, 1.807) is 6.20 Å². The molecule has 1 saturated carbocycles. The van der Waals surface area contributed by atoms with Crippen LogP contribution in [0.4, 0.5) is 5.82 Å². The summed E-state index contributed by atoms with van der Waals surface area (Å²) in [5.74, 6) is 0.549. The zero-order chi connectivity index (χ0) is 23.0. The molecule has 1 aromatic carbocycles. The van der Waals surface area contributed by atoms with E-state index in [9.17, 15) is 9.59 Å². The molecule has 1 atom stereocenters. The maximum Gasteiger partial charge on any atom is 0.273 e. The van der Waals surface area contributed by atoms with E-state index >= 15 is 0 Å². The molecular weight excluding hydrogens is 416 g/mol. The minimum Gasteiger partial charge on any atom is -0.368 e. The van der Waals surface area contributed by atoms with E-state index in [-0.39, 0.29) is 23.8 Å². The molecule has 4 rings (SSSR count). The van der Waals surface area contributed by atoms with Crippen LogP contribution in [0.1, 0.15) is 54.6 Å². The van der Waals surface area contributed by atoms with E-state index in [4.69, 9.17) is 5.73 Å². The predicted molar refractivity (Wildman–Crippen MR) is 128 cm³/mol. The Morgan fingerprint density at radius 2 is 1.73 bits per heavy atom. The molecule has 4 N–H and O–H groups in total. The lowest BCUT2D eigenvalue weighted by molar-refractivity contribution is -0.133. The summed E-state index contributed by atoms with van der Waals surface area (Å²) in [6, 6.07) is 9.80. The Balaban J connectivity index is 1.26. The number of nitrogens with zero attached hydrogens (tertiary/aromatic N) is 3. The van der Waals surface area contributed by atoms with Crippen molar-refractivity contribution in [2.45, 2.75) is 57.0 Å². The van der Waals surface area contributed by atoms with E-state index in [0.29, 0.717) is 18.1 Å². The number of rotatable bonds is 8. The SMILES string of the molecule is N[C@H](C(=O)N1CCCC1)[C@H]1CC[C@H](NC(=O)c2nccnc2NCCc2ccccc2)CC1. The molecule has 0 unspecified atom stereocenters. The van der Waals surface area contributed by atoms with E-state index < -0.39 is 6.04 Å². The number of anilines is 1. The Morgan fingerprint density at radius 1 is 1.03 bits per heavy atom. The summed E-state index contributed by atoms with van der Waals surface area (Å²) in [6.45, 7) is 2.33. The highest BCUT2D eigenvalue weighted by Gasteiger charge is 2.33. The van der Waals surface area contributed by atoms with Gasteiger partial charge in [-0.05, 0) is 56.4 Å². The fourth-order valence-corrected chi connectivity index (χ4v) is 4.83. The van der Waals surface area contributed by atoms with Crippen LogP contribution in [0.25, 0.3) is 0 Å². The van der Waals surface area contributed by atoms with Crippen molar-refractivity contribution >= 4 is 17.6 Å². The summed E-state index contributed by atoms with van der Waals surface area (Å²) in [6.07, 6.45) is 9.42. The van der Waals surface area contributed by atoms with Gasteiger partial charge in [0.15, 0.2) is 11.5 Å². The van der Waals surface area contributed by atoms with E-state index in [1.165, 1.54) is 11.8 Å². The van der Waals surface area contributed by atoms with Crippen LogP contribution in [0.15, 0.2) is 42.7 Å². The normalized spacial score (nSPS) is 21.4. The molecule has 1 aromatic heterocycles. The van der Waals surface area contributed by atoms with Crippen molar-refractivity contribution in [1.82, 2.24) is 20.2 Å². The zero-order valence-electron chi connectivity index (χ0n) is 19.1. The number of nitrogens with one attached hydrogen (secondary N) is 2. The highest BCUT2D eigenvalue weighted by Crippen LogP contribution is 2.28. The van der Waals surface area contributed by atoms with Gasteiger partial charge in [-0.2, -0.15) is 0 Å². The quantitative estimate of drug-likeness (QED) is 0.569. The van der Waals surface area contributed by atoms with Gasteiger partial charge < -0.3 is 21.3 Å². The van der Waals surface area contributed by atoms with Gasteiger partial charge >= 0.3 is 0 Å². The number of likely N-dealkylation sites (tertiary alicyclic amines) is 1. The summed E-state index contributed by atoms with van der Waals surface area (Å²) >= 11 is 0. The van der Waals surface area contributed by atoms with E-state index in [2.05, 4.69) is 32.7 Å². The number of amides is 2. The molecule has 8 nitrogen and oxygen atoms in total. The average Bonchev–Trinajstić information content (AvgIpc) is 3.40. The summed E-state index contributed by atoms with van der Waals surface area (Å²) in [4.78, 5) is 36.0. The van der Waals surface area contributed by atoms with Gasteiger partial charge in [-0.15, -0.1) is 0 Å². The molecule has 2 aliphatic rings. The van der Waals surface area contributed by atoms with Crippen molar-refractivity contribution in [2.24, 2.45) is 11.7 Å². The summed E-state index contributed by atoms with van der Waals surface area (Å²) in [5, 5.41) is 6.36. The number of benzene rings is 1. The van der Waals surface area contributed by atoms with Crippen molar-refractivity contribution in [2.75, 3.05) is 25.0 Å². The zero-order valence-corrected chi connectivity index (χ0v) is 19.1. The van der Waals surface area contributed by atoms with Crippen LogP contribution < -0.4 is 16.4 Å². The molecule has 2 aromatic rings. The third-order valence-electron chi connectivity index (χ3n) is 6.78. The van der Waals surface area contributed by atoms with Gasteiger partial charge in [-0.25, -0.2) is 9.97 Å². The van der Waals surface area contributed by atoms with E-state index in [1.807, 2.05) is 23.1 Å². The van der Waals surface area contributed by atoms with Gasteiger partial charge in [-0.3, -0.25) is 9.59 Å². The van der Waals surface area contributed by atoms with Crippen LogP contribution >= 0.6 is 0 Å². The number of aromatic nitrogens is 2. The van der Waals surface area contributed by atoms with Crippen LogP contribution in [-0.2, 0) is 11.2 Å². The van der Waals surface area contributed by atoms with Crippen molar-refractivity contribution in [3.63, 3.8) is 0 Å². The molecule has 0 radical (unpaired) electrons. The molecule has 8 heteroatoms. The Bertz CT molecular complexity index is 924. The highest BCUT2D eigenvalue weighted by atomic mass is 16.2. The highest BCUT2D eigenvalue weighted by molar-refractivity contribution is 5.96. The molecule has 0 spiro atoms. The number of carbonyl (C=O) groups is 2. The Hall–Kier alpha value is -3.00. The molecule has 1 aliphatic carbocycles. The number of nitrogens with two attached hydrogens (primary N) is 1. The first-order valence-corrected chi connectivity index (χ1v) is 12.1. The van der Waals surface area contributed by atoms with Crippen LogP contribution in [0, 0.1) is 5.92 Å². The van der Waals surface area contributed by atoms with Crippen LogP contribution in [-0.4, -0.2) is 58.4 Å². The summed E-state index contributed by atoms with van der Waals surface area (Å²) in [5.41, 5.74) is 7.85. The fraction of sp³-hybridized carbons (Fsp3) is 0.520. The molecule has 0 bridgehead atoms. The standard InChI is InChI=1S/C25H34N6O2/c26-21(25(33)31-16-4-5-17-31)19-8-10-20(11-9-19)30-24(32)22-23(29-15-14-27-22)28-13-12-18-6-2-1-3-7-18/h1-3,6-7,14-15,19-21H,4-5,8-13,16-17,26H2,(H,28,29)(H,30,32)/t19-,20-,21-/m0/s1. The molecule has 1 saturated heterocycles. The van der Waals surface area contributed by atoms with Gasteiger partial charge in [0.2, 0.25) is 5.91 Å². The smallest absolute Gasteiger partial charge is 0.273 e. The van der Waals surface area contributed by atoms with Gasteiger partial charge in [0.25, 0.3) is 5.91 Å². The Labute approximate surface area is 195 Å². The third-order valence-corrected chi connectivity index (χ3v) is 6.78. The molecule has 176 valence electrons. The minimum atomic E-state index is -0.430. The van der Waals surface area contributed by atoms with Gasteiger partial charge in [0, 0.05) is 38.1 Å². The predicted octanol–water partition coefficient (Wildman–Crippen LogP) is 2.37. The number of hydrogen-bond acceptors (Lipinski definition) is 6.